The first kappa shape index (κ1) is 20.5. The van der Waals surface area contributed by atoms with E-state index in [1.54, 1.807) is 7.11 Å². The Morgan fingerprint density at radius 3 is 2.58 bits per heavy atom. The van der Waals surface area contributed by atoms with E-state index in [0.29, 0.717) is 11.9 Å². The van der Waals surface area contributed by atoms with Crippen LogP contribution in [0.15, 0.2) is 48.5 Å². The molecule has 160 valence electrons. The third-order valence-corrected chi connectivity index (χ3v) is 7.21. The fourth-order valence-corrected chi connectivity index (χ4v) is 5.39. The van der Waals surface area contributed by atoms with Crippen molar-refractivity contribution in [2.24, 2.45) is 5.92 Å². The van der Waals surface area contributed by atoms with Gasteiger partial charge in [-0.05, 0) is 60.8 Å². The molecule has 0 unspecified atom stereocenters. The zero-order chi connectivity index (χ0) is 21.4. The summed E-state index contributed by atoms with van der Waals surface area (Å²) in [5.41, 5.74) is 8.11. The molecular weight excluding hydrogens is 404 g/mol. The third kappa shape index (κ3) is 3.97. The zero-order valence-corrected chi connectivity index (χ0v) is 19.0. The van der Waals surface area contributed by atoms with Crippen molar-refractivity contribution in [2.45, 2.75) is 51.6 Å². The Morgan fingerprint density at radius 2 is 1.77 bits per heavy atom. The number of hydrogen-bond donors (Lipinski definition) is 1. The van der Waals surface area contributed by atoms with Crippen LogP contribution in [0, 0.1) is 5.92 Å². The lowest BCUT2D eigenvalue weighted by atomic mass is 9.82. The Kier molecular flexibility index (Phi) is 5.73. The molecule has 0 atom stereocenters. The summed E-state index contributed by atoms with van der Waals surface area (Å²) in [5.74, 6) is 1.50. The summed E-state index contributed by atoms with van der Waals surface area (Å²) in [6, 6.07) is 17.6. The van der Waals surface area contributed by atoms with Gasteiger partial charge in [0.15, 0.2) is 0 Å². The van der Waals surface area contributed by atoms with Gasteiger partial charge < -0.3 is 10.1 Å². The van der Waals surface area contributed by atoms with Gasteiger partial charge in [0.25, 0.3) is 0 Å². The van der Waals surface area contributed by atoms with E-state index in [1.165, 1.54) is 36.0 Å². The summed E-state index contributed by atoms with van der Waals surface area (Å²) < 4.78 is 5.63. The topological polar surface area (TPSA) is 34.1 Å². The largest absolute Gasteiger partial charge is 0.481 e. The molecule has 0 bridgehead atoms. The summed E-state index contributed by atoms with van der Waals surface area (Å²) in [6.45, 7) is 3.08. The molecule has 3 nitrogen and oxygen atoms in total. The van der Waals surface area contributed by atoms with Gasteiger partial charge in [-0.1, -0.05) is 61.0 Å². The lowest BCUT2D eigenvalue weighted by Gasteiger charge is -2.33. The Labute approximate surface area is 189 Å². The predicted molar refractivity (Wildman–Crippen MR) is 128 cm³/mol. The second kappa shape index (κ2) is 8.64. The molecule has 0 amide bonds. The average molecular weight is 433 g/mol. The minimum absolute atomic E-state index is 0.609. The van der Waals surface area contributed by atoms with E-state index in [4.69, 9.17) is 21.3 Å². The highest BCUT2D eigenvalue weighted by Gasteiger charge is 2.25. The second-order valence-electron chi connectivity index (χ2n) is 8.98. The average Bonchev–Trinajstić information content (AvgIpc) is 3.25. The van der Waals surface area contributed by atoms with Gasteiger partial charge in [0.1, 0.15) is 0 Å². The molecule has 31 heavy (non-hydrogen) atoms. The predicted octanol–water partition coefficient (Wildman–Crippen LogP) is 6.45. The van der Waals surface area contributed by atoms with E-state index in [0.717, 1.165) is 52.7 Å². The first-order chi connectivity index (χ1) is 15.1. The van der Waals surface area contributed by atoms with Crippen LogP contribution in [0.4, 0.5) is 0 Å². The lowest BCUT2D eigenvalue weighted by Crippen LogP contribution is -2.39. The molecule has 1 fully saturated rings. The fraction of sp³-hybridized carbons (Fsp3) is 0.370. The van der Waals surface area contributed by atoms with Crippen molar-refractivity contribution in [3.8, 4) is 28.3 Å². The highest BCUT2D eigenvalue weighted by atomic mass is 35.5. The smallest absolute Gasteiger partial charge is 0.218 e. The maximum Gasteiger partial charge on any atom is 0.218 e. The van der Waals surface area contributed by atoms with Gasteiger partial charge in [-0.2, -0.15) is 0 Å². The van der Waals surface area contributed by atoms with Crippen molar-refractivity contribution in [1.29, 1.82) is 0 Å². The molecule has 3 aromatic rings. The minimum atomic E-state index is 0.609. The van der Waals surface area contributed by atoms with Gasteiger partial charge in [0, 0.05) is 29.3 Å². The molecule has 2 aromatic carbocycles. The van der Waals surface area contributed by atoms with Crippen LogP contribution in [-0.4, -0.2) is 18.1 Å². The van der Waals surface area contributed by atoms with E-state index in [9.17, 15) is 0 Å². The Hall–Kier alpha value is -2.36. The molecule has 0 saturated heterocycles. The number of ether oxygens (including phenoxy) is 1. The molecule has 5 rings (SSSR count). The van der Waals surface area contributed by atoms with Crippen molar-refractivity contribution in [1.82, 2.24) is 10.3 Å². The van der Waals surface area contributed by atoms with Crippen LogP contribution in [0.3, 0.4) is 0 Å². The number of methoxy groups -OCH3 is 1. The molecule has 2 aliphatic rings. The van der Waals surface area contributed by atoms with Crippen LogP contribution < -0.4 is 10.1 Å². The summed E-state index contributed by atoms with van der Waals surface area (Å²) in [5, 5.41) is 4.38. The molecule has 1 saturated carbocycles. The van der Waals surface area contributed by atoms with Gasteiger partial charge >= 0.3 is 0 Å². The van der Waals surface area contributed by atoms with Crippen LogP contribution in [0.5, 0.6) is 5.88 Å². The van der Waals surface area contributed by atoms with Crippen molar-refractivity contribution >= 4 is 11.6 Å². The van der Waals surface area contributed by atoms with E-state index >= 15 is 0 Å². The Bertz CT molecular complexity index is 1100. The normalized spacial score (nSPS) is 19.7. The molecule has 1 N–H and O–H groups in total. The van der Waals surface area contributed by atoms with Crippen molar-refractivity contribution in [3.05, 3.63) is 70.2 Å². The SMILES string of the molecule is COc1nc(-c2cccc(-c3cccc4c3CCC4)c2Cl)ccc1CNC1CC(C)C1. The first-order valence-corrected chi connectivity index (χ1v) is 11.7. The summed E-state index contributed by atoms with van der Waals surface area (Å²) in [7, 11) is 1.69. The minimum Gasteiger partial charge on any atom is -0.481 e. The highest BCUT2D eigenvalue weighted by molar-refractivity contribution is 6.36. The number of halogens is 1. The van der Waals surface area contributed by atoms with E-state index < -0.39 is 0 Å². The second-order valence-corrected chi connectivity index (χ2v) is 9.36. The molecule has 4 heteroatoms. The Morgan fingerprint density at radius 1 is 1.00 bits per heavy atom. The fourth-order valence-electron chi connectivity index (χ4n) is 5.06. The van der Waals surface area contributed by atoms with Crippen LogP contribution in [0.2, 0.25) is 5.02 Å². The number of aryl methyl sites for hydroxylation is 1. The van der Waals surface area contributed by atoms with Crippen molar-refractivity contribution < 1.29 is 4.74 Å². The number of fused-ring (bicyclic) bond motifs is 1. The summed E-state index contributed by atoms with van der Waals surface area (Å²) >= 11 is 6.96. The van der Waals surface area contributed by atoms with Gasteiger partial charge in [0.05, 0.1) is 17.8 Å². The zero-order valence-electron chi connectivity index (χ0n) is 18.2. The summed E-state index contributed by atoms with van der Waals surface area (Å²) in [6.07, 6.45) is 6.00. The van der Waals surface area contributed by atoms with Gasteiger partial charge in [-0.25, -0.2) is 4.98 Å². The molecule has 1 aromatic heterocycles. The first-order valence-electron chi connectivity index (χ1n) is 11.3. The molecule has 2 aliphatic carbocycles. The summed E-state index contributed by atoms with van der Waals surface area (Å²) in [4.78, 5) is 4.82. The van der Waals surface area contributed by atoms with Crippen LogP contribution in [-0.2, 0) is 19.4 Å². The number of pyridine rings is 1. The van der Waals surface area contributed by atoms with E-state index in [1.807, 2.05) is 6.07 Å². The molecule has 0 spiro atoms. The van der Waals surface area contributed by atoms with E-state index in [-0.39, 0.29) is 0 Å². The van der Waals surface area contributed by atoms with Gasteiger partial charge in [-0.3, -0.25) is 0 Å². The van der Waals surface area contributed by atoms with Crippen molar-refractivity contribution in [3.63, 3.8) is 0 Å². The van der Waals surface area contributed by atoms with Gasteiger partial charge in [-0.15, -0.1) is 0 Å². The number of benzene rings is 2. The number of nitrogens with one attached hydrogen (secondary N) is 1. The lowest BCUT2D eigenvalue weighted by molar-refractivity contribution is 0.239. The molecular formula is C27H29ClN2O. The number of aromatic nitrogens is 1. The van der Waals surface area contributed by atoms with Crippen LogP contribution >= 0.6 is 11.6 Å². The standard InChI is InChI=1S/C27H29ClN2O/c1-17-14-20(15-17)29-16-19-12-13-25(30-27(19)31-2)24-11-5-10-23(26(24)28)22-9-4-7-18-6-3-8-21(18)22/h4-5,7,9-13,17,20,29H,3,6,8,14-16H2,1-2H3. The highest BCUT2D eigenvalue weighted by Crippen LogP contribution is 2.40. The number of rotatable bonds is 6. The van der Waals surface area contributed by atoms with E-state index in [2.05, 4.69) is 54.7 Å². The Balaban J connectivity index is 1.45. The molecule has 1 heterocycles. The van der Waals surface area contributed by atoms with Crippen LogP contribution in [0.1, 0.15) is 42.9 Å². The van der Waals surface area contributed by atoms with Crippen LogP contribution in [0.25, 0.3) is 22.4 Å². The quantitative estimate of drug-likeness (QED) is 0.485. The number of hydrogen-bond acceptors (Lipinski definition) is 3. The third-order valence-electron chi connectivity index (χ3n) is 6.80. The van der Waals surface area contributed by atoms with Gasteiger partial charge in [0.2, 0.25) is 5.88 Å². The maximum absolute atomic E-state index is 6.96. The van der Waals surface area contributed by atoms with Crippen molar-refractivity contribution in [2.75, 3.05) is 7.11 Å². The molecule has 0 aliphatic heterocycles. The maximum atomic E-state index is 6.96. The number of nitrogens with zero attached hydrogens (tertiary/aromatic N) is 1. The molecule has 0 radical (unpaired) electrons. The monoisotopic (exact) mass is 432 g/mol.